The van der Waals surface area contributed by atoms with E-state index in [9.17, 15) is 0 Å². The Kier molecular flexibility index (Phi) is 7.01. The Morgan fingerprint density at radius 2 is 2.31 bits per heavy atom. The third-order valence-electron chi connectivity index (χ3n) is 3.27. The zero-order valence-electron chi connectivity index (χ0n) is 11.2. The van der Waals surface area contributed by atoms with Crippen molar-refractivity contribution in [2.24, 2.45) is 0 Å². The minimum absolute atomic E-state index is 0.496. The molecule has 0 aromatic heterocycles. The van der Waals surface area contributed by atoms with E-state index in [2.05, 4.69) is 31.1 Å². The fourth-order valence-electron chi connectivity index (χ4n) is 2.35. The number of nitrogens with zero attached hydrogens (tertiary/aromatic N) is 1. The van der Waals surface area contributed by atoms with Crippen LogP contribution in [-0.2, 0) is 4.74 Å². The SMILES string of the molecule is CCNC(C)CCCN(C)CC1CCCO1. The summed E-state index contributed by atoms with van der Waals surface area (Å²) in [5.74, 6) is 0. The van der Waals surface area contributed by atoms with Crippen LogP contribution in [0.2, 0.25) is 0 Å². The normalized spacial score (nSPS) is 22.9. The van der Waals surface area contributed by atoms with Crippen LogP contribution in [0.3, 0.4) is 0 Å². The summed E-state index contributed by atoms with van der Waals surface area (Å²) in [4.78, 5) is 2.41. The van der Waals surface area contributed by atoms with Gasteiger partial charge in [0, 0.05) is 19.2 Å². The molecule has 1 aliphatic heterocycles. The molecule has 96 valence electrons. The van der Waals surface area contributed by atoms with Gasteiger partial charge in [-0.25, -0.2) is 0 Å². The number of nitrogens with one attached hydrogen (secondary N) is 1. The quantitative estimate of drug-likeness (QED) is 0.686. The molecule has 0 aromatic carbocycles. The van der Waals surface area contributed by atoms with Gasteiger partial charge in [0.1, 0.15) is 0 Å². The Balaban J connectivity index is 1.98. The van der Waals surface area contributed by atoms with Crippen LogP contribution in [0.25, 0.3) is 0 Å². The molecule has 16 heavy (non-hydrogen) atoms. The first kappa shape index (κ1) is 13.9. The van der Waals surface area contributed by atoms with Gasteiger partial charge < -0.3 is 15.0 Å². The molecule has 0 aliphatic carbocycles. The zero-order chi connectivity index (χ0) is 11.8. The van der Waals surface area contributed by atoms with Gasteiger partial charge in [-0.05, 0) is 52.7 Å². The summed E-state index contributed by atoms with van der Waals surface area (Å²) in [6, 6.07) is 0.654. The van der Waals surface area contributed by atoms with Crippen LogP contribution >= 0.6 is 0 Å². The third-order valence-corrected chi connectivity index (χ3v) is 3.27. The van der Waals surface area contributed by atoms with Gasteiger partial charge in [-0.2, -0.15) is 0 Å². The van der Waals surface area contributed by atoms with E-state index in [1.165, 1.54) is 32.2 Å². The van der Waals surface area contributed by atoms with E-state index in [1.54, 1.807) is 0 Å². The molecule has 1 fully saturated rings. The summed E-state index contributed by atoms with van der Waals surface area (Å²) in [6.07, 6.45) is 5.53. The number of hydrogen-bond donors (Lipinski definition) is 1. The van der Waals surface area contributed by atoms with Crippen molar-refractivity contribution < 1.29 is 4.74 Å². The number of rotatable bonds is 8. The Labute approximate surface area is 101 Å². The average molecular weight is 228 g/mol. The first-order valence-corrected chi connectivity index (χ1v) is 6.76. The molecular weight excluding hydrogens is 200 g/mol. The van der Waals surface area contributed by atoms with Crippen molar-refractivity contribution in [2.75, 3.05) is 33.3 Å². The standard InChI is InChI=1S/C13H28N2O/c1-4-14-12(2)7-5-9-15(3)11-13-8-6-10-16-13/h12-14H,4-11H2,1-3H3. The van der Waals surface area contributed by atoms with E-state index >= 15 is 0 Å². The highest BCUT2D eigenvalue weighted by Gasteiger charge is 2.16. The molecular formula is C13H28N2O. The monoisotopic (exact) mass is 228 g/mol. The van der Waals surface area contributed by atoms with Crippen LogP contribution in [0.1, 0.15) is 39.5 Å². The van der Waals surface area contributed by atoms with Crippen molar-refractivity contribution in [2.45, 2.75) is 51.7 Å². The van der Waals surface area contributed by atoms with Crippen LogP contribution in [0, 0.1) is 0 Å². The van der Waals surface area contributed by atoms with Gasteiger partial charge in [0.05, 0.1) is 6.10 Å². The topological polar surface area (TPSA) is 24.5 Å². The number of ether oxygens (including phenoxy) is 1. The molecule has 0 bridgehead atoms. The fourth-order valence-corrected chi connectivity index (χ4v) is 2.35. The van der Waals surface area contributed by atoms with Crippen molar-refractivity contribution in [1.82, 2.24) is 10.2 Å². The minimum atomic E-state index is 0.496. The van der Waals surface area contributed by atoms with Crippen molar-refractivity contribution >= 4 is 0 Å². The molecule has 2 unspecified atom stereocenters. The lowest BCUT2D eigenvalue weighted by Gasteiger charge is -2.21. The Hall–Kier alpha value is -0.120. The number of hydrogen-bond acceptors (Lipinski definition) is 3. The zero-order valence-corrected chi connectivity index (χ0v) is 11.2. The molecule has 1 N–H and O–H groups in total. The molecule has 1 rings (SSSR count). The van der Waals surface area contributed by atoms with Crippen molar-refractivity contribution in [3.05, 3.63) is 0 Å². The van der Waals surface area contributed by atoms with Gasteiger partial charge in [0.15, 0.2) is 0 Å². The van der Waals surface area contributed by atoms with Crippen LogP contribution < -0.4 is 5.32 Å². The van der Waals surface area contributed by atoms with E-state index in [4.69, 9.17) is 4.74 Å². The van der Waals surface area contributed by atoms with Gasteiger partial charge in [-0.15, -0.1) is 0 Å². The van der Waals surface area contributed by atoms with Gasteiger partial charge in [0.2, 0.25) is 0 Å². The molecule has 0 spiro atoms. The lowest BCUT2D eigenvalue weighted by Crippen LogP contribution is -2.31. The smallest absolute Gasteiger partial charge is 0.0702 e. The second-order valence-electron chi connectivity index (χ2n) is 5.00. The van der Waals surface area contributed by atoms with Crippen molar-refractivity contribution in [1.29, 1.82) is 0 Å². The molecule has 0 radical (unpaired) electrons. The van der Waals surface area contributed by atoms with Crippen LogP contribution in [0.5, 0.6) is 0 Å². The molecule has 0 amide bonds. The van der Waals surface area contributed by atoms with E-state index in [0.717, 1.165) is 19.7 Å². The largest absolute Gasteiger partial charge is 0.377 e. The highest BCUT2D eigenvalue weighted by atomic mass is 16.5. The highest BCUT2D eigenvalue weighted by Crippen LogP contribution is 2.12. The number of likely N-dealkylation sites (N-methyl/N-ethyl adjacent to an activating group) is 1. The summed E-state index contributed by atoms with van der Waals surface area (Å²) in [6.45, 7) is 8.78. The molecule has 1 aliphatic rings. The molecule has 2 atom stereocenters. The lowest BCUT2D eigenvalue weighted by molar-refractivity contribution is 0.0806. The summed E-state index contributed by atoms with van der Waals surface area (Å²) in [5.41, 5.74) is 0. The first-order valence-electron chi connectivity index (χ1n) is 6.76. The van der Waals surface area contributed by atoms with Crippen molar-refractivity contribution in [3.63, 3.8) is 0 Å². The summed E-state index contributed by atoms with van der Waals surface area (Å²) in [5, 5.41) is 3.45. The minimum Gasteiger partial charge on any atom is -0.377 e. The van der Waals surface area contributed by atoms with E-state index in [-0.39, 0.29) is 0 Å². The Morgan fingerprint density at radius 1 is 1.50 bits per heavy atom. The molecule has 3 nitrogen and oxygen atoms in total. The van der Waals surface area contributed by atoms with E-state index in [0.29, 0.717) is 12.1 Å². The highest BCUT2D eigenvalue weighted by molar-refractivity contribution is 4.69. The predicted octanol–water partition coefficient (Wildman–Crippen LogP) is 1.88. The van der Waals surface area contributed by atoms with Gasteiger partial charge in [-0.1, -0.05) is 6.92 Å². The predicted molar refractivity (Wildman–Crippen MR) is 68.8 cm³/mol. The molecule has 0 saturated carbocycles. The molecule has 0 aromatic rings. The van der Waals surface area contributed by atoms with E-state index in [1.807, 2.05) is 0 Å². The second kappa shape index (κ2) is 8.04. The van der Waals surface area contributed by atoms with Crippen LogP contribution in [-0.4, -0.2) is 50.3 Å². The molecule has 3 heteroatoms. The molecule has 1 saturated heterocycles. The summed E-state index contributed by atoms with van der Waals surface area (Å²) >= 11 is 0. The van der Waals surface area contributed by atoms with Gasteiger partial charge >= 0.3 is 0 Å². The van der Waals surface area contributed by atoms with Crippen molar-refractivity contribution in [3.8, 4) is 0 Å². The Morgan fingerprint density at radius 3 is 2.94 bits per heavy atom. The lowest BCUT2D eigenvalue weighted by atomic mass is 10.1. The maximum Gasteiger partial charge on any atom is 0.0702 e. The van der Waals surface area contributed by atoms with Crippen LogP contribution in [0.4, 0.5) is 0 Å². The first-order chi connectivity index (χ1) is 7.72. The van der Waals surface area contributed by atoms with Crippen LogP contribution in [0.15, 0.2) is 0 Å². The van der Waals surface area contributed by atoms with E-state index < -0.39 is 0 Å². The Bertz CT molecular complexity index is 169. The van der Waals surface area contributed by atoms with Gasteiger partial charge in [0.25, 0.3) is 0 Å². The summed E-state index contributed by atoms with van der Waals surface area (Å²) < 4.78 is 5.64. The average Bonchev–Trinajstić information content (AvgIpc) is 2.70. The van der Waals surface area contributed by atoms with Gasteiger partial charge in [-0.3, -0.25) is 0 Å². The third kappa shape index (κ3) is 5.83. The maximum atomic E-state index is 5.64. The summed E-state index contributed by atoms with van der Waals surface area (Å²) in [7, 11) is 2.21. The maximum absolute atomic E-state index is 5.64. The fraction of sp³-hybridized carbons (Fsp3) is 1.00. The second-order valence-corrected chi connectivity index (χ2v) is 5.00. The molecule has 1 heterocycles.